The number of amides is 2. The maximum absolute atomic E-state index is 13.5. The summed E-state index contributed by atoms with van der Waals surface area (Å²) in [5.74, 6) is -0.498. The monoisotopic (exact) mass is 470 g/mol. The van der Waals surface area contributed by atoms with Gasteiger partial charge in [0.2, 0.25) is 11.8 Å². The molecule has 4 aromatic rings. The lowest BCUT2D eigenvalue weighted by molar-refractivity contribution is -0.121. The van der Waals surface area contributed by atoms with Crippen LogP contribution in [0, 0.1) is 0 Å². The van der Waals surface area contributed by atoms with Crippen LogP contribution in [0.4, 0.5) is 5.69 Å². The van der Waals surface area contributed by atoms with Crippen molar-refractivity contribution in [2.24, 2.45) is 0 Å². The average molecular weight is 471 g/mol. The van der Waals surface area contributed by atoms with Gasteiger partial charge in [0.25, 0.3) is 5.56 Å². The number of carbonyl (C=O) groups excluding carboxylic acids is 2. The highest BCUT2D eigenvalue weighted by atomic mass is 16.2. The maximum atomic E-state index is 13.5. The molecule has 178 valence electrons. The van der Waals surface area contributed by atoms with E-state index in [0.717, 1.165) is 10.1 Å². The zero-order valence-electron chi connectivity index (χ0n) is 19.5. The van der Waals surface area contributed by atoms with Crippen LogP contribution in [0.5, 0.6) is 0 Å². The number of benzene rings is 3. The Kier molecular flexibility index (Phi) is 6.91. The summed E-state index contributed by atoms with van der Waals surface area (Å²) in [4.78, 5) is 51.5. The van der Waals surface area contributed by atoms with E-state index in [1.165, 1.54) is 4.57 Å². The molecule has 0 unspecified atom stereocenters. The minimum absolute atomic E-state index is 0.0375. The fraction of sp³-hybridized carbons (Fsp3) is 0.185. The van der Waals surface area contributed by atoms with E-state index in [0.29, 0.717) is 22.3 Å². The van der Waals surface area contributed by atoms with Gasteiger partial charge in [0.1, 0.15) is 6.54 Å². The van der Waals surface area contributed by atoms with Gasteiger partial charge in [-0.15, -0.1) is 0 Å². The number of hydrogen-bond donors (Lipinski definition) is 2. The summed E-state index contributed by atoms with van der Waals surface area (Å²) in [6, 6.07) is 22.4. The number of carbonyl (C=O) groups is 2. The van der Waals surface area contributed by atoms with Gasteiger partial charge < -0.3 is 10.6 Å². The van der Waals surface area contributed by atoms with Crippen molar-refractivity contribution in [1.82, 2.24) is 14.5 Å². The van der Waals surface area contributed by atoms with Gasteiger partial charge in [0, 0.05) is 11.7 Å². The Morgan fingerprint density at radius 1 is 0.829 bits per heavy atom. The molecule has 0 atom stereocenters. The number of nitrogens with one attached hydrogen (secondary N) is 2. The van der Waals surface area contributed by atoms with Gasteiger partial charge in [-0.25, -0.2) is 9.36 Å². The van der Waals surface area contributed by atoms with Crippen LogP contribution in [0.15, 0.2) is 88.5 Å². The molecule has 8 nitrogen and oxygen atoms in total. The second-order valence-electron chi connectivity index (χ2n) is 8.51. The summed E-state index contributed by atoms with van der Waals surface area (Å²) in [5, 5.41) is 5.92. The highest BCUT2D eigenvalue weighted by Crippen LogP contribution is 2.12. The molecular weight excluding hydrogens is 444 g/mol. The molecule has 0 saturated carbocycles. The van der Waals surface area contributed by atoms with Crippen LogP contribution < -0.4 is 21.9 Å². The van der Waals surface area contributed by atoms with Crippen LogP contribution in [-0.2, 0) is 22.6 Å². The summed E-state index contributed by atoms with van der Waals surface area (Å²) in [6.45, 7) is 3.51. The summed E-state index contributed by atoms with van der Waals surface area (Å²) >= 11 is 0. The number of anilines is 1. The van der Waals surface area contributed by atoms with Crippen LogP contribution in [0.25, 0.3) is 16.6 Å². The minimum Gasteiger partial charge on any atom is -0.354 e. The first-order chi connectivity index (χ1) is 16.8. The number of fused-ring (bicyclic) bond motifs is 1. The number of rotatable bonds is 7. The first-order valence-corrected chi connectivity index (χ1v) is 11.3. The van der Waals surface area contributed by atoms with Crippen molar-refractivity contribution in [2.75, 3.05) is 5.32 Å². The molecule has 2 amide bonds. The predicted molar refractivity (Wildman–Crippen MR) is 136 cm³/mol. The lowest BCUT2D eigenvalue weighted by Crippen LogP contribution is -2.40. The Bertz CT molecular complexity index is 1490. The van der Waals surface area contributed by atoms with Crippen molar-refractivity contribution >= 4 is 28.4 Å². The SMILES string of the molecule is CC(C)NC(=O)Cc1ccc(-n2c(=O)c3ccccc3n(CC(=O)Nc3ccccc3)c2=O)cc1. The van der Waals surface area contributed by atoms with E-state index < -0.39 is 11.2 Å². The number of nitrogens with zero attached hydrogens (tertiary/aromatic N) is 2. The number of hydrogen-bond acceptors (Lipinski definition) is 4. The minimum atomic E-state index is -0.623. The molecule has 0 aliphatic carbocycles. The smallest absolute Gasteiger partial charge is 0.336 e. The molecule has 4 rings (SSSR count). The summed E-state index contributed by atoms with van der Waals surface area (Å²) in [5.41, 5.74) is 1.00. The van der Waals surface area contributed by atoms with Crippen LogP contribution >= 0.6 is 0 Å². The van der Waals surface area contributed by atoms with Crippen molar-refractivity contribution < 1.29 is 9.59 Å². The van der Waals surface area contributed by atoms with Crippen LogP contribution in [-0.4, -0.2) is 27.0 Å². The largest absolute Gasteiger partial charge is 0.354 e. The Morgan fingerprint density at radius 2 is 1.49 bits per heavy atom. The molecule has 0 bridgehead atoms. The molecule has 1 heterocycles. The quantitative estimate of drug-likeness (QED) is 0.434. The molecule has 35 heavy (non-hydrogen) atoms. The molecule has 0 spiro atoms. The van der Waals surface area contributed by atoms with E-state index in [9.17, 15) is 19.2 Å². The first kappa shape index (κ1) is 23.7. The van der Waals surface area contributed by atoms with Gasteiger partial charge in [-0.1, -0.05) is 42.5 Å². The lowest BCUT2D eigenvalue weighted by Gasteiger charge is -2.14. The highest BCUT2D eigenvalue weighted by Gasteiger charge is 2.17. The summed E-state index contributed by atoms with van der Waals surface area (Å²) < 4.78 is 2.34. The van der Waals surface area contributed by atoms with Crippen molar-refractivity contribution in [3.8, 4) is 5.69 Å². The van der Waals surface area contributed by atoms with Gasteiger partial charge in [0.15, 0.2) is 0 Å². The zero-order chi connectivity index (χ0) is 24.9. The van der Waals surface area contributed by atoms with Crippen LogP contribution in [0.1, 0.15) is 19.4 Å². The molecule has 0 aliphatic heterocycles. The van der Waals surface area contributed by atoms with E-state index in [4.69, 9.17) is 0 Å². The molecule has 3 aromatic carbocycles. The fourth-order valence-electron chi connectivity index (χ4n) is 3.89. The molecule has 0 saturated heterocycles. The molecule has 0 aliphatic rings. The normalized spacial score (nSPS) is 10.9. The second kappa shape index (κ2) is 10.2. The van der Waals surface area contributed by atoms with Crippen molar-refractivity contribution in [2.45, 2.75) is 32.9 Å². The van der Waals surface area contributed by atoms with Crippen molar-refractivity contribution in [1.29, 1.82) is 0 Å². The summed E-state index contributed by atoms with van der Waals surface area (Å²) in [7, 11) is 0. The van der Waals surface area contributed by atoms with Crippen LogP contribution in [0.3, 0.4) is 0 Å². The standard InChI is InChI=1S/C27H26N4O4/c1-18(2)28-24(32)16-19-12-14-21(15-13-19)31-26(34)22-10-6-7-11-23(22)30(27(31)35)17-25(33)29-20-8-4-3-5-9-20/h3-15,18H,16-17H2,1-2H3,(H,28,32)(H,29,33). The third kappa shape index (κ3) is 5.38. The van der Waals surface area contributed by atoms with E-state index in [1.54, 1.807) is 72.8 Å². The molecule has 0 fully saturated rings. The second-order valence-corrected chi connectivity index (χ2v) is 8.51. The number of para-hydroxylation sites is 2. The summed E-state index contributed by atoms with van der Waals surface area (Å²) in [6.07, 6.45) is 0.189. The Labute approximate surface area is 201 Å². The molecule has 8 heteroatoms. The zero-order valence-corrected chi connectivity index (χ0v) is 19.5. The lowest BCUT2D eigenvalue weighted by atomic mass is 10.1. The van der Waals surface area contributed by atoms with Crippen molar-refractivity contribution in [3.63, 3.8) is 0 Å². The van der Waals surface area contributed by atoms with Gasteiger partial charge in [-0.05, 0) is 55.8 Å². The Morgan fingerprint density at radius 3 is 2.17 bits per heavy atom. The third-order valence-electron chi connectivity index (χ3n) is 5.42. The fourth-order valence-corrected chi connectivity index (χ4v) is 3.89. The number of aromatic nitrogens is 2. The first-order valence-electron chi connectivity index (χ1n) is 11.3. The maximum Gasteiger partial charge on any atom is 0.336 e. The van der Waals surface area contributed by atoms with Gasteiger partial charge in [0.05, 0.1) is 23.0 Å². The highest BCUT2D eigenvalue weighted by molar-refractivity contribution is 5.91. The molecule has 0 radical (unpaired) electrons. The van der Waals surface area contributed by atoms with Crippen LogP contribution in [0.2, 0.25) is 0 Å². The van der Waals surface area contributed by atoms with Crippen molar-refractivity contribution in [3.05, 3.63) is 105 Å². The van der Waals surface area contributed by atoms with Gasteiger partial charge in [-0.2, -0.15) is 0 Å². The topological polar surface area (TPSA) is 102 Å². The van der Waals surface area contributed by atoms with Gasteiger partial charge in [-0.3, -0.25) is 19.0 Å². The third-order valence-corrected chi connectivity index (χ3v) is 5.42. The molecule has 2 N–H and O–H groups in total. The van der Waals surface area contributed by atoms with E-state index in [2.05, 4.69) is 10.6 Å². The average Bonchev–Trinajstić information content (AvgIpc) is 2.83. The predicted octanol–water partition coefficient (Wildman–Crippen LogP) is 2.86. The molecule has 1 aromatic heterocycles. The van der Waals surface area contributed by atoms with E-state index in [-0.39, 0.29) is 30.8 Å². The van der Waals surface area contributed by atoms with Gasteiger partial charge >= 0.3 is 5.69 Å². The Hall–Kier alpha value is -4.46. The Balaban J connectivity index is 1.71. The molecular formula is C27H26N4O4. The van der Waals surface area contributed by atoms with E-state index in [1.807, 2.05) is 19.9 Å². The van der Waals surface area contributed by atoms with E-state index >= 15 is 0 Å².